The fourth-order valence-corrected chi connectivity index (χ4v) is 3.69. The topological polar surface area (TPSA) is 50.9 Å². The maximum atomic E-state index is 12.9. The van der Waals surface area contributed by atoms with Gasteiger partial charge in [0.1, 0.15) is 12.2 Å². The average Bonchev–Trinajstić information content (AvgIpc) is 3.01. The number of fused-ring (bicyclic) bond motifs is 1. The van der Waals surface area contributed by atoms with Crippen molar-refractivity contribution in [2.24, 2.45) is 0 Å². The third-order valence-corrected chi connectivity index (χ3v) is 5.07. The summed E-state index contributed by atoms with van der Waals surface area (Å²) < 4.78 is 40.4. The van der Waals surface area contributed by atoms with Crippen molar-refractivity contribution in [3.63, 3.8) is 0 Å². The third kappa shape index (κ3) is 3.69. The molecule has 1 aliphatic carbocycles. The molecule has 1 aliphatic rings. The van der Waals surface area contributed by atoms with Gasteiger partial charge in [-0.05, 0) is 49.4 Å². The number of halogens is 3. The molecule has 0 amide bonds. The molecule has 0 aliphatic heterocycles. The molecule has 2 aromatic heterocycles. The van der Waals surface area contributed by atoms with Gasteiger partial charge < -0.3 is 5.11 Å². The number of aliphatic hydroxyl groups excluding tert-OH is 1. The minimum absolute atomic E-state index is 0.246. The van der Waals surface area contributed by atoms with Crippen LogP contribution in [0.5, 0.6) is 0 Å². The first-order valence-electron chi connectivity index (χ1n) is 8.95. The molecular weight excluding hydrogens is 355 g/mol. The van der Waals surface area contributed by atoms with Crippen molar-refractivity contribution < 1.29 is 18.3 Å². The van der Waals surface area contributed by atoms with Crippen LogP contribution in [-0.4, -0.2) is 26.0 Å². The van der Waals surface area contributed by atoms with Crippen molar-refractivity contribution in [2.75, 3.05) is 0 Å². The number of nitrogens with zero attached hydrogens (tertiary/aromatic N) is 3. The zero-order valence-electron chi connectivity index (χ0n) is 14.5. The van der Waals surface area contributed by atoms with Gasteiger partial charge in [0.25, 0.3) is 0 Å². The largest absolute Gasteiger partial charge is 0.433 e. The second kappa shape index (κ2) is 6.96. The Labute approximate surface area is 154 Å². The molecule has 2 heterocycles. The van der Waals surface area contributed by atoms with Gasteiger partial charge >= 0.3 is 6.18 Å². The van der Waals surface area contributed by atoms with E-state index in [-0.39, 0.29) is 12.0 Å². The summed E-state index contributed by atoms with van der Waals surface area (Å²) in [5.74, 6) is 0.246. The highest BCUT2D eigenvalue weighted by Gasteiger charge is 2.32. The van der Waals surface area contributed by atoms with Crippen LogP contribution in [-0.2, 0) is 6.18 Å². The van der Waals surface area contributed by atoms with E-state index in [1.807, 2.05) is 24.3 Å². The lowest BCUT2D eigenvalue weighted by molar-refractivity contribution is -0.141. The van der Waals surface area contributed by atoms with Crippen LogP contribution in [0.1, 0.15) is 48.6 Å². The smallest absolute Gasteiger partial charge is 0.393 e. The van der Waals surface area contributed by atoms with E-state index in [1.165, 1.54) is 6.07 Å². The Bertz CT molecular complexity index is 943. The lowest BCUT2D eigenvalue weighted by Gasteiger charge is -2.24. The minimum atomic E-state index is -4.48. The van der Waals surface area contributed by atoms with Crippen LogP contribution in [0, 0.1) is 6.54 Å². The van der Waals surface area contributed by atoms with Gasteiger partial charge in [0, 0.05) is 17.5 Å². The quantitative estimate of drug-likeness (QED) is 0.733. The lowest BCUT2D eigenvalue weighted by Crippen LogP contribution is -2.17. The fraction of sp³-hybridized carbons (Fsp3) is 0.350. The van der Waals surface area contributed by atoms with Crippen LogP contribution in [0.3, 0.4) is 0 Å². The standard InChI is InChI=1S/C20H19F3N3O/c21-20(22,23)18-11-13(9-10-24-18)12-26-17-4-2-1-3-16(17)19(25-26)14-5-7-15(27)8-6-14/h1-4,9-12,14-15,27H,5-8H2. The van der Waals surface area contributed by atoms with Crippen molar-refractivity contribution in [3.8, 4) is 0 Å². The molecule has 0 spiro atoms. The number of hydrogen-bond donors (Lipinski definition) is 1. The number of para-hydroxylation sites is 1. The molecule has 4 rings (SSSR count). The molecule has 1 radical (unpaired) electrons. The number of aromatic nitrogens is 3. The van der Waals surface area contributed by atoms with Crippen molar-refractivity contribution in [3.05, 3.63) is 66.1 Å². The molecule has 27 heavy (non-hydrogen) atoms. The van der Waals surface area contributed by atoms with Gasteiger partial charge in [-0.2, -0.15) is 18.3 Å². The van der Waals surface area contributed by atoms with Crippen LogP contribution in [0.25, 0.3) is 10.9 Å². The lowest BCUT2D eigenvalue weighted by atomic mass is 9.84. The van der Waals surface area contributed by atoms with Crippen molar-refractivity contribution in [1.82, 2.24) is 14.8 Å². The Morgan fingerprint density at radius 2 is 1.81 bits per heavy atom. The molecule has 1 saturated carbocycles. The number of rotatable bonds is 3. The van der Waals surface area contributed by atoms with Crippen molar-refractivity contribution in [2.45, 2.75) is 43.9 Å². The zero-order valence-corrected chi connectivity index (χ0v) is 14.5. The molecule has 141 valence electrons. The van der Waals surface area contributed by atoms with Gasteiger partial charge in [-0.1, -0.05) is 18.2 Å². The van der Waals surface area contributed by atoms with Gasteiger partial charge in [-0.15, -0.1) is 0 Å². The summed E-state index contributed by atoms with van der Waals surface area (Å²) in [5, 5.41) is 15.5. The first-order valence-corrected chi connectivity index (χ1v) is 8.95. The van der Waals surface area contributed by atoms with E-state index in [1.54, 1.807) is 11.2 Å². The van der Waals surface area contributed by atoms with Crippen LogP contribution in [0.15, 0.2) is 42.6 Å². The number of benzene rings is 1. The molecule has 3 aromatic rings. The van der Waals surface area contributed by atoms with E-state index >= 15 is 0 Å². The Hall–Kier alpha value is -2.41. The molecule has 7 heteroatoms. The number of aliphatic hydroxyl groups is 1. The van der Waals surface area contributed by atoms with Gasteiger partial charge in [-0.25, -0.2) is 0 Å². The molecule has 0 atom stereocenters. The van der Waals surface area contributed by atoms with E-state index < -0.39 is 11.9 Å². The van der Waals surface area contributed by atoms with Gasteiger partial charge in [0.05, 0.1) is 17.3 Å². The summed E-state index contributed by atoms with van der Waals surface area (Å²) in [6.07, 6.45) is -0.373. The maximum Gasteiger partial charge on any atom is 0.433 e. The van der Waals surface area contributed by atoms with E-state index in [0.717, 1.165) is 54.5 Å². The first-order chi connectivity index (χ1) is 12.9. The molecule has 0 bridgehead atoms. The highest BCUT2D eigenvalue weighted by atomic mass is 19.4. The van der Waals surface area contributed by atoms with Crippen LogP contribution < -0.4 is 0 Å². The number of pyridine rings is 1. The molecule has 0 unspecified atom stereocenters. The number of alkyl halides is 3. The Morgan fingerprint density at radius 1 is 1.07 bits per heavy atom. The van der Waals surface area contributed by atoms with Crippen molar-refractivity contribution >= 4 is 10.9 Å². The predicted octanol–water partition coefficient (Wildman–Crippen LogP) is 4.53. The Kier molecular flexibility index (Phi) is 4.63. The summed E-state index contributed by atoms with van der Waals surface area (Å²) in [7, 11) is 0. The van der Waals surface area contributed by atoms with E-state index in [2.05, 4.69) is 4.98 Å². The molecular formula is C20H19F3N3O. The molecule has 1 aromatic carbocycles. The normalized spacial score (nSPS) is 20.9. The Balaban J connectivity index is 1.69. The fourth-order valence-electron chi connectivity index (χ4n) is 3.69. The summed E-state index contributed by atoms with van der Waals surface area (Å²) in [4.78, 5) is 3.40. The summed E-state index contributed by atoms with van der Waals surface area (Å²) in [6.45, 7) is 1.60. The minimum Gasteiger partial charge on any atom is -0.393 e. The number of hydrogen-bond acceptors (Lipinski definition) is 3. The van der Waals surface area contributed by atoms with Gasteiger partial charge in [-0.3, -0.25) is 9.67 Å². The maximum absolute atomic E-state index is 12.9. The van der Waals surface area contributed by atoms with Crippen LogP contribution in [0.2, 0.25) is 0 Å². The van der Waals surface area contributed by atoms with Crippen LogP contribution >= 0.6 is 0 Å². The van der Waals surface area contributed by atoms with Crippen LogP contribution in [0.4, 0.5) is 13.2 Å². The second-order valence-corrected chi connectivity index (χ2v) is 6.95. The highest BCUT2D eigenvalue weighted by molar-refractivity contribution is 5.83. The molecule has 4 nitrogen and oxygen atoms in total. The molecule has 1 N–H and O–H groups in total. The van der Waals surface area contributed by atoms with E-state index in [0.29, 0.717) is 5.56 Å². The summed E-state index contributed by atoms with van der Waals surface area (Å²) >= 11 is 0. The first kappa shape index (κ1) is 18.0. The van der Waals surface area contributed by atoms with Crippen molar-refractivity contribution in [1.29, 1.82) is 0 Å². The third-order valence-electron chi connectivity index (χ3n) is 5.07. The SMILES string of the molecule is OC1CCC(c2nn([CH]c3ccnc(C(F)(F)F)c3)c3ccccc23)CC1. The monoisotopic (exact) mass is 374 g/mol. The molecule has 1 fully saturated rings. The van der Waals surface area contributed by atoms with Gasteiger partial charge in [0.15, 0.2) is 0 Å². The second-order valence-electron chi connectivity index (χ2n) is 6.95. The average molecular weight is 374 g/mol. The van der Waals surface area contributed by atoms with Gasteiger partial charge in [0.2, 0.25) is 0 Å². The van der Waals surface area contributed by atoms with E-state index in [9.17, 15) is 18.3 Å². The Morgan fingerprint density at radius 3 is 2.56 bits per heavy atom. The summed E-state index contributed by atoms with van der Waals surface area (Å²) in [6, 6.07) is 10.3. The highest BCUT2D eigenvalue weighted by Crippen LogP contribution is 2.36. The summed E-state index contributed by atoms with van der Waals surface area (Å²) in [5.41, 5.74) is 1.26. The molecule has 0 saturated heterocycles. The zero-order chi connectivity index (χ0) is 19.0. The van der Waals surface area contributed by atoms with E-state index in [4.69, 9.17) is 5.10 Å². The predicted molar refractivity (Wildman–Crippen MR) is 95.0 cm³/mol.